The predicted molar refractivity (Wildman–Crippen MR) is 116 cm³/mol. The minimum Gasteiger partial charge on any atom is -0.435 e. The number of nitrogens with zero attached hydrogens (tertiary/aromatic N) is 3. The Labute approximate surface area is 195 Å². The van der Waals surface area contributed by atoms with Gasteiger partial charge in [0.15, 0.2) is 5.69 Å². The Balaban J connectivity index is 2.08. The first-order valence-electron chi connectivity index (χ1n) is 9.60. The monoisotopic (exact) mass is 493 g/mol. The van der Waals surface area contributed by atoms with E-state index >= 15 is 0 Å². The molecule has 5 nitrogen and oxygen atoms in total. The zero-order valence-corrected chi connectivity index (χ0v) is 18.3. The Morgan fingerprint density at radius 1 is 1.15 bits per heavy atom. The Kier molecular flexibility index (Phi) is 7.73. The molecule has 0 spiro atoms. The Morgan fingerprint density at radius 2 is 1.79 bits per heavy atom. The number of hydrogen-bond donors (Lipinski definition) is 0. The average Bonchev–Trinajstić information content (AvgIpc) is 2.80. The molecule has 0 aliphatic carbocycles. The number of anilines is 2. The second-order valence-corrected chi connectivity index (χ2v) is 7.71. The van der Waals surface area contributed by atoms with Crippen molar-refractivity contribution in [3.8, 4) is 11.8 Å². The smallest absolute Gasteiger partial charge is 0.417 e. The van der Waals surface area contributed by atoms with Gasteiger partial charge in [-0.25, -0.2) is 4.98 Å². The van der Waals surface area contributed by atoms with Crippen molar-refractivity contribution in [1.29, 1.82) is 5.26 Å². The van der Waals surface area contributed by atoms with Crippen molar-refractivity contribution in [2.45, 2.75) is 24.1 Å². The summed E-state index contributed by atoms with van der Waals surface area (Å²) in [5.41, 5.74) is -1.31. The highest BCUT2D eigenvalue weighted by Crippen LogP contribution is 2.36. The van der Waals surface area contributed by atoms with Gasteiger partial charge in [-0.15, -0.1) is 11.8 Å². The quantitative estimate of drug-likeness (QED) is 0.290. The van der Waals surface area contributed by atoms with Crippen LogP contribution in [0.25, 0.3) is 0 Å². The van der Waals surface area contributed by atoms with E-state index in [0.717, 1.165) is 21.9 Å². The van der Waals surface area contributed by atoms with Crippen LogP contribution in [-0.4, -0.2) is 23.8 Å². The summed E-state index contributed by atoms with van der Waals surface area (Å²) < 4.78 is 69.3. The van der Waals surface area contributed by atoms with Crippen molar-refractivity contribution in [2.24, 2.45) is 0 Å². The van der Waals surface area contributed by atoms with Gasteiger partial charge in [-0.1, -0.05) is 12.1 Å². The van der Waals surface area contributed by atoms with Crippen LogP contribution in [0.3, 0.4) is 0 Å². The maximum Gasteiger partial charge on any atom is 0.417 e. The number of carbonyl (C=O) groups excluding carboxylic acids is 1. The molecule has 1 amide bonds. The molecule has 0 saturated carbocycles. The lowest BCUT2D eigenvalue weighted by atomic mass is 10.1. The lowest BCUT2D eigenvalue weighted by Crippen LogP contribution is -2.29. The third kappa shape index (κ3) is 6.02. The van der Waals surface area contributed by atoms with Gasteiger partial charge >= 0.3 is 12.8 Å². The van der Waals surface area contributed by atoms with Crippen molar-refractivity contribution >= 4 is 29.0 Å². The summed E-state index contributed by atoms with van der Waals surface area (Å²) in [4.78, 5) is 18.8. The topological polar surface area (TPSA) is 66.2 Å². The van der Waals surface area contributed by atoms with E-state index in [-0.39, 0.29) is 23.5 Å². The lowest BCUT2D eigenvalue weighted by molar-refractivity contribution is -0.137. The second kappa shape index (κ2) is 10.5. The maximum atomic E-state index is 13.3. The third-order valence-electron chi connectivity index (χ3n) is 4.63. The molecule has 0 saturated heterocycles. The van der Waals surface area contributed by atoms with E-state index in [1.165, 1.54) is 23.9 Å². The number of rotatable bonds is 7. The minimum atomic E-state index is -4.77. The van der Waals surface area contributed by atoms with Gasteiger partial charge in [0, 0.05) is 16.8 Å². The maximum absolute atomic E-state index is 13.3. The SMILES string of the molecule is CSc1ccc(CC(=O)N(c2ccc(OC(F)F)cc2)c2cc(C(F)(F)F)cnc2C#N)cc1. The van der Waals surface area contributed by atoms with E-state index < -0.39 is 30.0 Å². The van der Waals surface area contributed by atoms with Gasteiger partial charge < -0.3 is 4.74 Å². The molecule has 2 aromatic carbocycles. The van der Waals surface area contributed by atoms with Gasteiger partial charge in [0.05, 0.1) is 17.7 Å². The van der Waals surface area contributed by atoms with Gasteiger partial charge in [-0.05, 0) is 54.3 Å². The number of nitriles is 1. The molecule has 0 unspecified atom stereocenters. The molecule has 3 aromatic rings. The summed E-state index contributed by atoms with van der Waals surface area (Å²) >= 11 is 1.50. The molecule has 1 heterocycles. The molecular formula is C23H16F5N3O2S. The van der Waals surface area contributed by atoms with Crippen LogP contribution in [0.5, 0.6) is 5.75 Å². The van der Waals surface area contributed by atoms with Crippen molar-refractivity contribution in [2.75, 3.05) is 11.2 Å². The standard InChI is InChI=1S/C23H16F5N3O2S/c1-34-18-8-2-14(3-9-18)10-21(32)31(16-4-6-17(7-5-16)33-22(24)25)20-11-15(23(26,27)28)13-30-19(20)12-29/h2-9,11,13,22H,10H2,1H3. The summed E-state index contributed by atoms with van der Waals surface area (Å²) in [5.74, 6) is -0.862. The molecule has 0 radical (unpaired) electrons. The van der Waals surface area contributed by atoms with Crippen molar-refractivity contribution in [3.05, 3.63) is 77.6 Å². The Bertz CT molecular complexity index is 1190. The molecule has 0 bridgehead atoms. The second-order valence-electron chi connectivity index (χ2n) is 6.83. The molecule has 0 fully saturated rings. The molecular weight excluding hydrogens is 477 g/mol. The summed E-state index contributed by atoms with van der Waals surface area (Å²) in [6, 6.07) is 14.1. The first-order valence-corrected chi connectivity index (χ1v) is 10.8. The highest BCUT2D eigenvalue weighted by Gasteiger charge is 2.33. The summed E-state index contributed by atoms with van der Waals surface area (Å²) in [6.45, 7) is -3.08. The fraction of sp³-hybridized carbons (Fsp3) is 0.174. The third-order valence-corrected chi connectivity index (χ3v) is 5.37. The number of alkyl halides is 5. The van der Waals surface area contributed by atoms with Crippen LogP contribution in [0.15, 0.2) is 65.7 Å². The predicted octanol–water partition coefficient (Wildman–Crippen LogP) is 6.20. The van der Waals surface area contributed by atoms with E-state index in [1.54, 1.807) is 30.3 Å². The summed E-state index contributed by atoms with van der Waals surface area (Å²) in [5, 5.41) is 9.44. The van der Waals surface area contributed by atoms with Gasteiger partial charge in [-0.2, -0.15) is 27.2 Å². The molecule has 0 atom stereocenters. The van der Waals surface area contributed by atoms with Crippen LogP contribution in [0.1, 0.15) is 16.8 Å². The zero-order chi connectivity index (χ0) is 24.9. The lowest BCUT2D eigenvalue weighted by Gasteiger charge is -2.25. The summed E-state index contributed by atoms with van der Waals surface area (Å²) in [7, 11) is 0. The fourth-order valence-corrected chi connectivity index (χ4v) is 3.46. The van der Waals surface area contributed by atoms with E-state index in [9.17, 15) is 32.0 Å². The van der Waals surface area contributed by atoms with Crippen molar-refractivity contribution in [1.82, 2.24) is 4.98 Å². The van der Waals surface area contributed by atoms with Gasteiger partial charge in [0.2, 0.25) is 5.91 Å². The number of halogens is 5. The van der Waals surface area contributed by atoms with E-state index in [0.29, 0.717) is 17.8 Å². The number of hydrogen-bond acceptors (Lipinski definition) is 5. The number of benzene rings is 2. The molecule has 0 N–H and O–H groups in total. The number of pyridine rings is 1. The molecule has 0 aliphatic heterocycles. The number of aromatic nitrogens is 1. The van der Waals surface area contributed by atoms with Crippen LogP contribution in [0.2, 0.25) is 0 Å². The van der Waals surface area contributed by atoms with Crippen LogP contribution in [0.4, 0.5) is 33.3 Å². The molecule has 3 rings (SSSR count). The zero-order valence-electron chi connectivity index (χ0n) is 17.5. The minimum absolute atomic E-state index is 0.0463. The van der Waals surface area contributed by atoms with Crippen LogP contribution >= 0.6 is 11.8 Å². The largest absolute Gasteiger partial charge is 0.435 e. The first-order chi connectivity index (χ1) is 16.1. The number of carbonyl (C=O) groups is 1. The van der Waals surface area contributed by atoms with Crippen LogP contribution in [0, 0.1) is 11.3 Å². The van der Waals surface area contributed by atoms with Crippen LogP contribution < -0.4 is 9.64 Å². The molecule has 34 heavy (non-hydrogen) atoms. The average molecular weight is 493 g/mol. The fourth-order valence-electron chi connectivity index (χ4n) is 3.06. The molecule has 1 aromatic heterocycles. The van der Waals surface area contributed by atoms with Crippen molar-refractivity contribution in [3.63, 3.8) is 0 Å². The van der Waals surface area contributed by atoms with Crippen molar-refractivity contribution < 1.29 is 31.5 Å². The first kappa shape index (κ1) is 25.0. The highest BCUT2D eigenvalue weighted by molar-refractivity contribution is 7.98. The number of thioether (sulfide) groups is 1. The number of ether oxygens (including phenoxy) is 1. The van der Waals surface area contributed by atoms with Gasteiger partial charge in [0.25, 0.3) is 0 Å². The molecule has 11 heteroatoms. The highest BCUT2D eigenvalue weighted by atomic mass is 32.2. The Morgan fingerprint density at radius 3 is 2.32 bits per heavy atom. The van der Waals surface area contributed by atoms with E-state index in [4.69, 9.17) is 0 Å². The van der Waals surface area contributed by atoms with Crippen LogP contribution in [-0.2, 0) is 17.4 Å². The normalized spacial score (nSPS) is 11.2. The van der Waals surface area contributed by atoms with E-state index in [1.807, 2.05) is 6.26 Å². The Hall–Kier alpha value is -3.65. The van der Waals surface area contributed by atoms with E-state index in [2.05, 4.69) is 9.72 Å². The van der Waals surface area contributed by atoms with Gasteiger partial charge in [-0.3, -0.25) is 9.69 Å². The summed E-state index contributed by atoms with van der Waals surface area (Å²) in [6.07, 6.45) is -2.59. The molecule has 176 valence electrons. The van der Waals surface area contributed by atoms with Gasteiger partial charge in [0.1, 0.15) is 11.8 Å². The molecule has 0 aliphatic rings. The number of amides is 1.